The second-order valence-corrected chi connectivity index (χ2v) is 13.9. The molecule has 3 heterocycles. The summed E-state index contributed by atoms with van der Waals surface area (Å²) in [4.78, 5) is 48.0. The van der Waals surface area contributed by atoms with Gasteiger partial charge in [-0.05, 0) is 70.2 Å². The van der Waals surface area contributed by atoms with Crippen molar-refractivity contribution < 1.29 is 24.2 Å². The topological polar surface area (TPSA) is 90.4 Å². The second-order valence-electron chi connectivity index (χ2n) is 11.2. The summed E-state index contributed by atoms with van der Waals surface area (Å²) in [6.45, 7) is 14.5. The summed E-state index contributed by atoms with van der Waals surface area (Å²) in [5.74, 6) is -1.95. The Hall–Kier alpha value is -2.30. The number of aliphatic hydroxyl groups is 1. The number of allylic oxidation sites excluding steroid dienone is 1. The van der Waals surface area contributed by atoms with E-state index in [9.17, 15) is 19.5 Å². The lowest BCUT2D eigenvalue weighted by Gasteiger charge is -2.38. The van der Waals surface area contributed by atoms with Gasteiger partial charge in [-0.25, -0.2) is 0 Å². The number of anilines is 2. The fraction of sp³-hybridized carbons (Fsp3) is 0.594. The number of rotatable bonds is 16. The Morgan fingerprint density at radius 2 is 1.83 bits per heavy atom. The molecule has 42 heavy (non-hydrogen) atoms. The molecular weight excluding hydrogens is 618 g/mol. The fourth-order valence-corrected chi connectivity index (χ4v) is 10.4. The number of thioether (sulfide) groups is 1. The van der Waals surface area contributed by atoms with Crippen molar-refractivity contribution in [1.82, 2.24) is 4.90 Å². The number of benzene rings is 1. The van der Waals surface area contributed by atoms with Crippen LogP contribution in [0.15, 0.2) is 49.6 Å². The van der Waals surface area contributed by atoms with Crippen LogP contribution in [0.25, 0.3) is 0 Å². The quantitative estimate of drug-likeness (QED) is 0.118. The number of amides is 2. The number of ether oxygens (including phenoxy) is 1. The summed E-state index contributed by atoms with van der Waals surface area (Å²) in [6, 6.07) is 7.20. The van der Waals surface area contributed by atoms with E-state index in [0.717, 1.165) is 30.9 Å². The zero-order chi connectivity index (χ0) is 30.4. The predicted octanol–water partition coefficient (Wildman–Crippen LogP) is 4.80. The van der Waals surface area contributed by atoms with Gasteiger partial charge in [0.2, 0.25) is 5.91 Å². The molecule has 4 rings (SSSR count). The van der Waals surface area contributed by atoms with E-state index in [4.69, 9.17) is 4.74 Å². The highest BCUT2D eigenvalue weighted by Gasteiger charge is 2.76. The number of nitrogens with zero attached hydrogens (tertiary/aromatic N) is 3. The van der Waals surface area contributed by atoms with Crippen molar-refractivity contribution >= 4 is 56.9 Å². The second kappa shape index (κ2) is 14.4. The molecule has 8 nitrogen and oxygen atoms in total. The molecule has 230 valence electrons. The minimum absolute atomic E-state index is 0.0106. The maximum atomic E-state index is 14.7. The normalized spacial score (nSPS) is 27.6. The number of halogens is 1. The third kappa shape index (κ3) is 6.04. The van der Waals surface area contributed by atoms with Gasteiger partial charge in [0.05, 0.1) is 23.2 Å². The predicted molar refractivity (Wildman–Crippen MR) is 173 cm³/mol. The van der Waals surface area contributed by atoms with E-state index < -0.39 is 22.6 Å². The van der Waals surface area contributed by atoms with Crippen molar-refractivity contribution in [3.63, 3.8) is 0 Å². The number of fused-ring (bicyclic) bond motifs is 1. The van der Waals surface area contributed by atoms with Crippen LogP contribution in [-0.2, 0) is 19.1 Å². The van der Waals surface area contributed by atoms with E-state index in [1.165, 1.54) is 0 Å². The van der Waals surface area contributed by atoms with Crippen LogP contribution >= 0.6 is 27.7 Å². The number of likely N-dealkylation sites (tertiary alicyclic amines) is 1. The van der Waals surface area contributed by atoms with E-state index in [2.05, 4.69) is 47.8 Å². The average Bonchev–Trinajstić information content (AvgIpc) is 3.58. The molecule has 3 saturated heterocycles. The van der Waals surface area contributed by atoms with Crippen LogP contribution in [-0.4, -0.2) is 88.0 Å². The van der Waals surface area contributed by atoms with Gasteiger partial charge in [-0.2, -0.15) is 0 Å². The lowest BCUT2D eigenvalue weighted by Crippen LogP contribution is -2.55. The van der Waals surface area contributed by atoms with Crippen LogP contribution in [0.1, 0.15) is 46.0 Å². The largest absolute Gasteiger partial charge is 0.465 e. The number of hydrogen-bond acceptors (Lipinski definition) is 7. The van der Waals surface area contributed by atoms with Crippen molar-refractivity contribution in [2.45, 2.75) is 66.8 Å². The summed E-state index contributed by atoms with van der Waals surface area (Å²) in [5, 5.41) is 9.30. The molecular formula is C32H44BrN3O5S. The highest BCUT2D eigenvalue weighted by atomic mass is 79.9. The standard InChI is InChI=1S/C32H44BrN3O5S/c1-5-9-12-20-41-31(40)25-26-29(38)36(18-10-11-19-37)28(32(26)21-24(33)27(25)42-32)30(39)35(17-6-2)23-15-13-22(14-16-23)34(7-3)8-4/h5-6,13-16,24-28,37H,1-2,7-12,17-21H2,3-4H3/t24?,25-,26-,27-,28?,32?/m0/s1. The number of esters is 1. The molecule has 3 unspecified atom stereocenters. The van der Waals surface area contributed by atoms with Gasteiger partial charge in [-0.1, -0.05) is 28.1 Å². The monoisotopic (exact) mass is 661 g/mol. The molecule has 3 aliphatic heterocycles. The Morgan fingerprint density at radius 3 is 2.45 bits per heavy atom. The third-order valence-corrected chi connectivity index (χ3v) is 12.0. The van der Waals surface area contributed by atoms with Crippen LogP contribution in [0.5, 0.6) is 0 Å². The first kappa shape index (κ1) is 32.6. The van der Waals surface area contributed by atoms with Gasteiger partial charge < -0.3 is 24.5 Å². The Balaban J connectivity index is 1.69. The highest BCUT2D eigenvalue weighted by molar-refractivity contribution is 9.09. The summed E-state index contributed by atoms with van der Waals surface area (Å²) in [7, 11) is 0. The minimum atomic E-state index is -0.752. The first-order valence-corrected chi connectivity index (χ1v) is 16.9. The number of unbranched alkanes of at least 4 members (excludes halogenated alkanes) is 2. The van der Waals surface area contributed by atoms with E-state index >= 15 is 0 Å². The molecule has 3 aliphatic rings. The lowest BCUT2D eigenvalue weighted by atomic mass is 9.71. The average molecular weight is 663 g/mol. The number of carbonyl (C=O) groups excluding carboxylic acids is 3. The Bertz CT molecular complexity index is 1150. The number of hydrogen-bond donors (Lipinski definition) is 1. The molecule has 10 heteroatoms. The third-order valence-electron chi connectivity index (χ3n) is 8.77. The fourth-order valence-electron chi connectivity index (χ4n) is 6.84. The van der Waals surface area contributed by atoms with Crippen molar-refractivity contribution in [3.05, 3.63) is 49.6 Å². The Kier molecular flexibility index (Phi) is 11.2. The summed E-state index contributed by atoms with van der Waals surface area (Å²) < 4.78 is 4.93. The Labute approximate surface area is 262 Å². The molecule has 3 fully saturated rings. The summed E-state index contributed by atoms with van der Waals surface area (Å²) in [5.41, 5.74) is 1.82. The van der Waals surface area contributed by atoms with E-state index in [-0.39, 0.29) is 41.1 Å². The number of alkyl halides is 1. The van der Waals surface area contributed by atoms with E-state index in [0.29, 0.717) is 38.8 Å². The van der Waals surface area contributed by atoms with Crippen molar-refractivity contribution in [2.24, 2.45) is 11.8 Å². The zero-order valence-electron chi connectivity index (χ0n) is 24.8. The lowest BCUT2D eigenvalue weighted by molar-refractivity contribution is -0.154. The molecule has 2 bridgehead atoms. The molecule has 0 aromatic heterocycles. The van der Waals surface area contributed by atoms with Crippen LogP contribution in [0.3, 0.4) is 0 Å². The molecule has 0 aliphatic carbocycles. The van der Waals surface area contributed by atoms with Gasteiger partial charge >= 0.3 is 5.97 Å². The zero-order valence-corrected chi connectivity index (χ0v) is 27.2. The van der Waals surface area contributed by atoms with Gasteiger partial charge in [-0.3, -0.25) is 14.4 Å². The van der Waals surface area contributed by atoms with Crippen molar-refractivity contribution in [1.29, 1.82) is 0 Å². The summed E-state index contributed by atoms with van der Waals surface area (Å²) in [6.07, 6.45) is 6.61. The van der Waals surface area contributed by atoms with Crippen LogP contribution < -0.4 is 9.80 Å². The molecule has 6 atom stereocenters. The van der Waals surface area contributed by atoms with Gasteiger partial charge in [0.15, 0.2) is 0 Å². The SMILES string of the molecule is C=CCCCOC(=O)[C@H]1[C@H]2C(=O)N(CCCCO)C(C(=O)N(CC=C)c3ccc(N(CC)CC)cc3)C23CC(Br)[C@@H]1S3. The van der Waals surface area contributed by atoms with Crippen molar-refractivity contribution in [3.8, 4) is 0 Å². The van der Waals surface area contributed by atoms with E-state index in [1.807, 2.05) is 24.3 Å². The van der Waals surface area contributed by atoms with E-state index in [1.54, 1.807) is 33.7 Å². The summed E-state index contributed by atoms with van der Waals surface area (Å²) >= 11 is 5.41. The molecule has 1 N–H and O–H groups in total. The molecule has 1 spiro atoms. The van der Waals surface area contributed by atoms with Gasteiger partial charge in [0.25, 0.3) is 5.91 Å². The first-order valence-electron chi connectivity index (χ1n) is 15.1. The van der Waals surface area contributed by atoms with Crippen molar-refractivity contribution in [2.75, 3.05) is 49.2 Å². The number of carbonyl (C=O) groups is 3. The molecule has 0 radical (unpaired) electrons. The van der Waals surface area contributed by atoms with Gasteiger partial charge in [-0.15, -0.1) is 24.9 Å². The van der Waals surface area contributed by atoms with Crippen LogP contribution in [0.4, 0.5) is 11.4 Å². The molecule has 1 aromatic carbocycles. The van der Waals surface area contributed by atoms with Gasteiger partial charge in [0, 0.05) is 54.2 Å². The molecule has 1 aromatic rings. The molecule has 0 saturated carbocycles. The van der Waals surface area contributed by atoms with Crippen LogP contribution in [0, 0.1) is 11.8 Å². The molecule has 2 amide bonds. The smallest absolute Gasteiger partial charge is 0.310 e. The first-order chi connectivity index (χ1) is 20.3. The number of aliphatic hydroxyl groups excluding tert-OH is 1. The maximum absolute atomic E-state index is 14.7. The highest BCUT2D eigenvalue weighted by Crippen LogP contribution is 2.68. The minimum Gasteiger partial charge on any atom is -0.465 e. The van der Waals surface area contributed by atoms with Gasteiger partial charge in [0.1, 0.15) is 6.04 Å². The van der Waals surface area contributed by atoms with Crippen LogP contribution in [0.2, 0.25) is 0 Å². The Morgan fingerprint density at radius 1 is 1.14 bits per heavy atom. The maximum Gasteiger partial charge on any atom is 0.310 e.